The van der Waals surface area contributed by atoms with Gasteiger partial charge in [0.25, 0.3) is 5.91 Å². The first-order valence-electron chi connectivity index (χ1n) is 7.26. The first-order valence-corrected chi connectivity index (χ1v) is 7.26. The average Bonchev–Trinajstić information content (AvgIpc) is 2.46. The maximum absolute atomic E-state index is 12.1. The Morgan fingerprint density at radius 2 is 2.00 bits per heavy atom. The van der Waals surface area contributed by atoms with Crippen LogP contribution in [0.25, 0.3) is 0 Å². The molecule has 4 heteroatoms. The normalized spacial score (nSPS) is 12.0. The van der Waals surface area contributed by atoms with E-state index in [1.54, 1.807) is 6.07 Å². The number of carbonyl (C=O) groups is 1. The molecule has 112 valence electrons. The van der Waals surface area contributed by atoms with Gasteiger partial charge in [0.05, 0.1) is 13.2 Å². The molecule has 4 nitrogen and oxygen atoms in total. The van der Waals surface area contributed by atoms with Crippen LogP contribution in [0.15, 0.2) is 18.2 Å². The standard InChI is InChI=1S/C16H25NO3/c1-5-12(4)17-16(18)13-8-9-15(20-7-3)14(10-13)11-19-6-2/h8-10,12H,5-7,11H2,1-4H3,(H,17,18). The van der Waals surface area contributed by atoms with Crippen molar-refractivity contribution in [2.24, 2.45) is 0 Å². The fraction of sp³-hybridized carbons (Fsp3) is 0.562. The van der Waals surface area contributed by atoms with E-state index in [0.717, 1.165) is 17.7 Å². The fourth-order valence-corrected chi connectivity index (χ4v) is 1.75. The van der Waals surface area contributed by atoms with E-state index in [1.807, 2.05) is 39.8 Å². The van der Waals surface area contributed by atoms with Gasteiger partial charge >= 0.3 is 0 Å². The lowest BCUT2D eigenvalue weighted by atomic mass is 10.1. The van der Waals surface area contributed by atoms with Crippen LogP contribution in [0, 0.1) is 0 Å². The number of hydrogen-bond acceptors (Lipinski definition) is 3. The van der Waals surface area contributed by atoms with E-state index >= 15 is 0 Å². The van der Waals surface area contributed by atoms with Crippen LogP contribution in [0.2, 0.25) is 0 Å². The Kier molecular flexibility index (Phi) is 7.09. The summed E-state index contributed by atoms with van der Waals surface area (Å²) in [5.41, 5.74) is 1.55. The van der Waals surface area contributed by atoms with Crippen molar-refractivity contribution in [3.8, 4) is 5.75 Å². The number of benzene rings is 1. The van der Waals surface area contributed by atoms with Crippen molar-refractivity contribution < 1.29 is 14.3 Å². The van der Waals surface area contributed by atoms with Crippen LogP contribution in [-0.4, -0.2) is 25.2 Å². The van der Waals surface area contributed by atoms with E-state index < -0.39 is 0 Å². The second-order valence-corrected chi connectivity index (χ2v) is 4.68. The molecule has 0 heterocycles. The van der Waals surface area contributed by atoms with Crippen molar-refractivity contribution >= 4 is 5.91 Å². The zero-order chi connectivity index (χ0) is 15.0. The Bertz CT molecular complexity index is 432. The summed E-state index contributed by atoms with van der Waals surface area (Å²) in [6.07, 6.45) is 0.911. The predicted octanol–water partition coefficient (Wildman–Crippen LogP) is 3.15. The summed E-state index contributed by atoms with van der Waals surface area (Å²) in [4.78, 5) is 12.1. The minimum atomic E-state index is -0.0554. The maximum Gasteiger partial charge on any atom is 0.251 e. The van der Waals surface area contributed by atoms with E-state index in [-0.39, 0.29) is 11.9 Å². The van der Waals surface area contributed by atoms with E-state index in [1.165, 1.54) is 0 Å². The number of rotatable bonds is 8. The van der Waals surface area contributed by atoms with Crippen LogP contribution < -0.4 is 10.1 Å². The molecule has 1 rings (SSSR count). The minimum absolute atomic E-state index is 0.0554. The van der Waals surface area contributed by atoms with Crippen molar-refractivity contribution in [1.82, 2.24) is 5.32 Å². The summed E-state index contributed by atoms with van der Waals surface area (Å²) in [7, 11) is 0. The molecule has 0 aliphatic heterocycles. The van der Waals surface area contributed by atoms with Gasteiger partial charge in [-0.25, -0.2) is 0 Å². The molecular weight excluding hydrogens is 254 g/mol. The van der Waals surface area contributed by atoms with Gasteiger partial charge in [-0.3, -0.25) is 4.79 Å². The molecule has 1 aromatic rings. The van der Waals surface area contributed by atoms with Gasteiger partial charge in [-0.1, -0.05) is 6.92 Å². The summed E-state index contributed by atoms with van der Waals surface area (Å²) in [5.74, 6) is 0.723. The lowest BCUT2D eigenvalue weighted by molar-refractivity contribution is 0.0938. The first kappa shape index (κ1) is 16.5. The monoisotopic (exact) mass is 279 g/mol. The molecule has 1 amide bonds. The Morgan fingerprint density at radius 3 is 2.60 bits per heavy atom. The van der Waals surface area contributed by atoms with Crippen molar-refractivity contribution in [1.29, 1.82) is 0 Å². The summed E-state index contributed by atoms with van der Waals surface area (Å²) in [6.45, 7) is 9.60. The molecule has 0 radical (unpaired) electrons. The maximum atomic E-state index is 12.1. The highest BCUT2D eigenvalue weighted by molar-refractivity contribution is 5.94. The minimum Gasteiger partial charge on any atom is -0.494 e. The number of ether oxygens (including phenoxy) is 2. The second-order valence-electron chi connectivity index (χ2n) is 4.68. The zero-order valence-corrected chi connectivity index (χ0v) is 12.9. The number of amides is 1. The first-order chi connectivity index (χ1) is 9.62. The molecule has 1 unspecified atom stereocenters. The van der Waals surface area contributed by atoms with Gasteiger partial charge in [-0.2, -0.15) is 0 Å². The molecule has 0 aliphatic carbocycles. The summed E-state index contributed by atoms with van der Waals surface area (Å²) in [5, 5.41) is 2.96. The largest absolute Gasteiger partial charge is 0.494 e. The van der Waals surface area contributed by atoms with Crippen LogP contribution in [0.4, 0.5) is 0 Å². The topological polar surface area (TPSA) is 47.6 Å². The fourth-order valence-electron chi connectivity index (χ4n) is 1.75. The van der Waals surface area contributed by atoms with Gasteiger partial charge in [-0.15, -0.1) is 0 Å². The highest BCUT2D eigenvalue weighted by Gasteiger charge is 2.12. The van der Waals surface area contributed by atoms with Crippen LogP contribution >= 0.6 is 0 Å². The molecule has 0 saturated carbocycles. The van der Waals surface area contributed by atoms with Gasteiger partial charge < -0.3 is 14.8 Å². The molecule has 0 aromatic heterocycles. The van der Waals surface area contributed by atoms with Crippen LogP contribution in [0.5, 0.6) is 5.75 Å². The van der Waals surface area contributed by atoms with Crippen LogP contribution in [0.1, 0.15) is 50.0 Å². The molecule has 1 N–H and O–H groups in total. The Balaban J connectivity index is 2.89. The summed E-state index contributed by atoms with van der Waals surface area (Å²) < 4.78 is 11.0. The molecule has 0 aliphatic rings. The van der Waals surface area contributed by atoms with Gasteiger partial charge in [0.1, 0.15) is 5.75 Å². The van der Waals surface area contributed by atoms with Gasteiger partial charge in [0.15, 0.2) is 0 Å². The van der Waals surface area contributed by atoms with E-state index in [9.17, 15) is 4.79 Å². The van der Waals surface area contributed by atoms with Gasteiger partial charge in [0, 0.05) is 23.8 Å². The third kappa shape index (κ3) is 4.85. The molecule has 1 atom stereocenters. The smallest absolute Gasteiger partial charge is 0.251 e. The highest BCUT2D eigenvalue weighted by atomic mass is 16.5. The summed E-state index contributed by atoms with van der Waals surface area (Å²) in [6, 6.07) is 5.64. The van der Waals surface area contributed by atoms with E-state index in [4.69, 9.17) is 9.47 Å². The zero-order valence-electron chi connectivity index (χ0n) is 12.9. The van der Waals surface area contributed by atoms with Crippen molar-refractivity contribution in [3.63, 3.8) is 0 Å². The average molecular weight is 279 g/mol. The van der Waals surface area contributed by atoms with Crippen molar-refractivity contribution in [3.05, 3.63) is 29.3 Å². The lowest BCUT2D eigenvalue weighted by Crippen LogP contribution is -2.31. The van der Waals surface area contributed by atoms with Gasteiger partial charge in [0.2, 0.25) is 0 Å². The predicted molar refractivity (Wildman–Crippen MR) is 80.2 cm³/mol. The van der Waals surface area contributed by atoms with Crippen LogP contribution in [-0.2, 0) is 11.3 Å². The third-order valence-corrected chi connectivity index (χ3v) is 3.07. The quantitative estimate of drug-likeness (QED) is 0.795. The Labute approximate surface area is 121 Å². The van der Waals surface area contributed by atoms with Crippen molar-refractivity contribution in [2.45, 2.75) is 46.8 Å². The molecule has 20 heavy (non-hydrogen) atoms. The van der Waals surface area contributed by atoms with Crippen LogP contribution in [0.3, 0.4) is 0 Å². The number of nitrogens with one attached hydrogen (secondary N) is 1. The number of carbonyl (C=O) groups excluding carboxylic acids is 1. The van der Waals surface area contributed by atoms with Crippen molar-refractivity contribution in [2.75, 3.05) is 13.2 Å². The molecule has 0 saturated heterocycles. The van der Waals surface area contributed by atoms with Gasteiger partial charge in [-0.05, 0) is 45.4 Å². The van der Waals surface area contributed by atoms with E-state index in [2.05, 4.69) is 5.32 Å². The highest BCUT2D eigenvalue weighted by Crippen LogP contribution is 2.21. The molecule has 0 bridgehead atoms. The molecular formula is C16H25NO3. The summed E-state index contributed by atoms with van der Waals surface area (Å²) >= 11 is 0. The third-order valence-electron chi connectivity index (χ3n) is 3.07. The molecule has 1 aromatic carbocycles. The molecule has 0 spiro atoms. The second kappa shape index (κ2) is 8.59. The Hall–Kier alpha value is -1.55. The van der Waals surface area contributed by atoms with E-state index in [0.29, 0.717) is 25.4 Å². The lowest BCUT2D eigenvalue weighted by Gasteiger charge is -2.14. The number of hydrogen-bond donors (Lipinski definition) is 1. The SMILES string of the molecule is CCOCc1cc(C(=O)NC(C)CC)ccc1OCC. The Morgan fingerprint density at radius 1 is 1.25 bits per heavy atom. The molecule has 0 fully saturated rings.